The van der Waals surface area contributed by atoms with Crippen molar-refractivity contribution in [1.29, 1.82) is 0 Å². The Kier molecular flexibility index (Phi) is 5.80. The molecule has 0 unspecified atom stereocenters. The molecular formula is C20H23NO4. The molecule has 0 aliphatic rings. The van der Waals surface area contributed by atoms with Crippen molar-refractivity contribution >= 4 is 17.6 Å². The van der Waals surface area contributed by atoms with E-state index in [2.05, 4.69) is 5.32 Å². The Bertz CT molecular complexity index is 751. The molecule has 0 heterocycles. The predicted molar refractivity (Wildman–Crippen MR) is 97.0 cm³/mol. The van der Waals surface area contributed by atoms with Gasteiger partial charge in [-0.25, -0.2) is 0 Å². The van der Waals surface area contributed by atoms with E-state index in [1.165, 1.54) is 0 Å². The van der Waals surface area contributed by atoms with Crippen molar-refractivity contribution in [3.05, 3.63) is 54.1 Å². The van der Waals surface area contributed by atoms with Crippen LogP contribution in [0.25, 0.3) is 0 Å². The molecule has 5 heteroatoms. The van der Waals surface area contributed by atoms with E-state index in [1.807, 2.05) is 37.3 Å². The van der Waals surface area contributed by atoms with Crippen LogP contribution in [0.3, 0.4) is 0 Å². The first-order valence-corrected chi connectivity index (χ1v) is 8.10. The van der Waals surface area contributed by atoms with Crippen LogP contribution < -0.4 is 10.1 Å². The second kappa shape index (κ2) is 7.83. The lowest BCUT2D eigenvalue weighted by atomic mass is 9.85. The number of hydrogen-bond acceptors (Lipinski definition) is 3. The number of para-hydroxylation sites is 2. The van der Waals surface area contributed by atoms with Gasteiger partial charge in [0.25, 0.3) is 0 Å². The molecule has 0 saturated carbocycles. The van der Waals surface area contributed by atoms with E-state index in [4.69, 9.17) is 9.84 Å². The molecule has 1 amide bonds. The monoisotopic (exact) mass is 341 g/mol. The van der Waals surface area contributed by atoms with Crippen molar-refractivity contribution in [1.82, 2.24) is 0 Å². The third-order valence-electron chi connectivity index (χ3n) is 3.68. The van der Waals surface area contributed by atoms with E-state index in [-0.39, 0.29) is 18.7 Å². The van der Waals surface area contributed by atoms with Gasteiger partial charge >= 0.3 is 5.97 Å². The molecule has 5 nitrogen and oxygen atoms in total. The van der Waals surface area contributed by atoms with E-state index in [0.29, 0.717) is 17.2 Å². The Balaban J connectivity index is 2.08. The molecule has 132 valence electrons. The highest BCUT2D eigenvalue weighted by atomic mass is 16.5. The van der Waals surface area contributed by atoms with Gasteiger partial charge in [0, 0.05) is 6.42 Å². The highest BCUT2D eigenvalue weighted by molar-refractivity contribution is 5.93. The van der Waals surface area contributed by atoms with Gasteiger partial charge in [-0.1, -0.05) is 43.7 Å². The summed E-state index contributed by atoms with van der Waals surface area (Å²) in [7, 11) is 0. The van der Waals surface area contributed by atoms with Gasteiger partial charge < -0.3 is 15.2 Å². The van der Waals surface area contributed by atoms with Crippen LogP contribution in [0, 0.1) is 12.3 Å². The summed E-state index contributed by atoms with van der Waals surface area (Å²) in [6.07, 6.45) is 0.0418. The van der Waals surface area contributed by atoms with E-state index in [9.17, 15) is 9.59 Å². The number of aliphatic carboxylic acids is 1. The molecule has 0 bridgehead atoms. The molecule has 2 N–H and O–H groups in total. The third kappa shape index (κ3) is 5.95. The number of hydrogen-bond donors (Lipinski definition) is 2. The fourth-order valence-corrected chi connectivity index (χ4v) is 2.49. The standard InChI is InChI=1S/C20H23NO4/c1-14-8-10-15(11-9-14)25-17-7-5-4-6-16(17)21-18(22)12-20(2,3)13-19(23)24/h4-11H,12-13H2,1-3H3,(H,21,22)(H,23,24). The van der Waals surface area contributed by atoms with Gasteiger partial charge in [0.1, 0.15) is 5.75 Å². The quantitative estimate of drug-likeness (QED) is 0.770. The van der Waals surface area contributed by atoms with Gasteiger partial charge in [-0.15, -0.1) is 0 Å². The van der Waals surface area contributed by atoms with Gasteiger partial charge in [0.05, 0.1) is 12.1 Å². The van der Waals surface area contributed by atoms with E-state index < -0.39 is 11.4 Å². The Labute approximate surface area is 147 Å². The smallest absolute Gasteiger partial charge is 0.303 e. The minimum Gasteiger partial charge on any atom is -0.481 e. The fraction of sp³-hybridized carbons (Fsp3) is 0.300. The van der Waals surface area contributed by atoms with Crippen molar-refractivity contribution < 1.29 is 19.4 Å². The molecule has 0 aromatic heterocycles. The highest BCUT2D eigenvalue weighted by Gasteiger charge is 2.25. The number of anilines is 1. The zero-order valence-corrected chi connectivity index (χ0v) is 14.7. The van der Waals surface area contributed by atoms with Crippen LogP contribution in [0.5, 0.6) is 11.5 Å². The van der Waals surface area contributed by atoms with Crippen molar-refractivity contribution in [2.24, 2.45) is 5.41 Å². The van der Waals surface area contributed by atoms with Gasteiger partial charge in [0.15, 0.2) is 5.75 Å². The summed E-state index contributed by atoms with van der Waals surface area (Å²) in [6, 6.07) is 14.8. The van der Waals surface area contributed by atoms with Crippen LogP contribution in [0.2, 0.25) is 0 Å². The van der Waals surface area contributed by atoms with E-state index in [0.717, 1.165) is 5.56 Å². The van der Waals surface area contributed by atoms with Crippen LogP contribution in [-0.4, -0.2) is 17.0 Å². The molecule has 25 heavy (non-hydrogen) atoms. The molecule has 0 aliphatic carbocycles. The second-order valence-corrected chi connectivity index (χ2v) is 6.87. The maximum Gasteiger partial charge on any atom is 0.303 e. The van der Waals surface area contributed by atoms with Crippen LogP contribution in [0.4, 0.5) is 5.69 Å². The van der Waals surface area contributed by atoms with Gasteiger partial charge in [-0.3, -0.25) is 9.59 Å². The third-order valence-corrected chi connectivity index (χ3v) is 3.68. The van der Waals surface area contributed by atoms with Gasteiger partial charge in [-0.2, -0.15) is 0 Å². The number of carbonyl (C=O) groups is 2. The number of carboxylic acids is 1. The van der Waals surface area contributed by atoms with Crippen LogP contribution in [0.15, 0.2) is 48.5 Å². The first kappa shape index (κ1) is 18.5. The minimum absolute atomic E-state index is 0.0675. The normalized spacial score (nSPS) is 11.0. The molecule has 0 radical (unpaired) electrons. The van der Waals surface area contributed by atoms with Gasteiger partial charge in [0.2, 0.25) is 5.91 Å². The summed E-state index contributed by atoms with van der Waals surface area (Å²) >= 11 is 0. The van der Waals surface area contributed by atoms with Crippen molar-refractivity contribution in [2.45, 2.75) is 33.6 Å². The fourth-order valence-electron chi connectivity index (χ4n) is 2.49. The summed E-state index contributed by atoms with van der Waals surface area (Å²) in [6.45, 7) is 5.52. The molecule has 0 aliphatic heterocycles. The summed E-state index contributed by atoms with van der Waals surface area (Å²) in [5.74, 6) is 0.0568. The average Bonchev–Trinajstić information content (AvgIpc) is 2.49. The number of ether oxygens (including phenoxy) is 1. The maximum absolute atomic E-state index is 12.3. The summed E-state index contributed by atoms with van der Waals surface area (Å²) in [4.78, 5) is 23.2. The number of nitrogens with one attached hydrogen (secondary N) is 1. The molecule has 2 aromatic rings. The number of rotatable bonds is 7. The summed E-state index contributed by atoms with van der Waals surface area (Å²) < 4.78 is 5.85. The number of benzene rings is 2. The maximum atomic E-state index is 12.3. The second-order valence-electron chi connectivity index (χ2n) is 6.87. The first-order chi connectivity index (χ1) is 11.7. The lowest BCUT2D eigenvalue weighted by Gasteiger charge is -2.22. The molecule has 0 fully saturated rings. The van der Waals surface area contributed by atoms with Crippen LogP contribution in [-0.2, 0) is 9.59 Å². The van der Waals surface area contributed by atoms with E-state index in [1.54, 1.807) is 32.0 Å². The lowest BCUT2D eigenvalue weighted by molar-refractivity contribution is -0.139. The molecule has 2 aromatic carbocycles. The molecular weight excluding hydrogens is 318 g/mol. The van der Waals surface area contributed by atoms with E-state index >= 15 is 0 Å². The Morgan fingerprint density at radius 3 is 2.32 bits per heavy atom. The largest absolute Gasteiger partial charge is 0.481 e. The summed E-state index contributed by atoms with van der Waals surface area (Å²) in [5.41, 5.74) is 1.07. The number of carboxylic acid groups (broad SMARTS) is 1. The Morgan fingerprint density at radius 1 is 1.04 bits per heavy atom. The Morgan fingerprint density at radius 2 is 1.68 bits per heavy atom. The predicted octanol–water partition coefficient (Wildman–Crippen LogP) is 4.62. The van der Waals surface area contributed by atoms with Crippen molar-refractivity contribution in [2.75, 3.05) is 5.32 Å². The molecule has 0 atom stereocenters. The number of carbonyl (C=O) groups excluding carboxylic acids is 1. The molecule has 0 spiro atoms. The van der Waals surface area contributed by atoms with Gasteiger partial charge in [-0.05, 0) is 36.6 Å². The minimum atomic E-state index is -0.916. The van der Waals surface area contributed by atoms with Crippen molar-refractivity contribution in [3.8, 4) is 11.5 Å². The van der Waals surface area contributed by atoms with Crippen LogP contribution >= 0.6 is 0 Å². The van der Waals surface area contributed by atoms with Crippen molar-refractivity contribution in [3.63, 3.8) is 0 Å². The SMILES string of the molecule is Cc1ccc(Oc2ccccc2NC(=O)CC(C)(C)CC(=O)O)cc1. The number of amides is 1. The Hall–Kier alpha value is -2.82. The lowest BCUT2D eigenvalue weighted by Crippen LogP contribution is -2.24. The average molecular weight is 341 g/mol. The zero-order chi connectivity index (χ0) is 18.4. The summed E-state index contributed by atoms with van der Waals surface area (Å²) in [5, 5.41) is 11.7. The highest BCUT2D eigenvalue weighted by Crippen LogP contribution is 2.31. The zero-order valence-electron chi connectivity index (χ0n) is 14.7. The topological polar surface area (TPSA) is 75.6 Å². The molecule has 2 rings (SSSR count). The number of aryl methyl sites for hydroxylation is 1. The van der Waals surface area contributed by atoms with Crippen LogP contribution in [0.1, 0.15) is 32.3 Å². The molecule has 0 saturated heterocycles. The first-order valence-electron chi connectivity index (χ1n) is 8.10.